The topological polar surface area (TPSA) is 174 Å². The lowest BCUT2D eigenvalue weighted by molar-refractivity contribution is -0.149. The number of fused-ring (bicyclic) bond motifs is 1. The van der Waals surface area contributed by atoms with Gasteiger partial charge in [-0.25, -0.2) is 9.78 Å². The van der Waals surface area contributed by atoms with Crippen LogP contribution in [0.1, 0.15) is 38.8 Å². The predicted molar refractivity (Wildman–Crippen MR) is 120 cm³/mol. The molecule has 178 valence electrons. The van der Waals surface area contributed by atoms with E-state index in [1.165, 1.54) is 17.1 Å². The van der Waals surface area contributed by atoms with Crippen LogP contribution in [0, 0.1) is 0 Å². The Labute approximate surface area is 197 Å². The van der Waals surface area contributed by atoms with Crippen molar-refractivity contribution in [2.45, 2.75) is 44.7 Å². The van der Waals surface area contributed by atoms with Crippen LogP contribution in [0.5, 0.6) is 0 Å². The quantitative estimate of drug-likeness (QED) is 0.105. The van der Waals surface area contributed by atoms with E-state index in [0.717, 1.165) is 29.6 Å². The molecule has 0 aromatic carbocycles. The molecule has 1 aromatic heterocycles. The summed E-state index contributed by atoms with van der Waals surface area (Å²) < 4.78 is 5.24. The molecule has 1 unspecified atom stereocenters. The molecule has 0 aliphatic carbocycles. The molecule has 3 rings (SSSR count). The molecule has 0 spiro atoms. The van der Waals surface area contributed by atoms with Gasteiger partial charge in [-0.1, -0.05) is 18.5 Å². The standard InChI is InChI=1S/C19H23N5O7S2/c1-3-4-5-30-23-14(11-8-33-19(20)21-11)16(27)22-17(31-9(2)25)10-7-32-13-6-12(26)24(13)15(10)18(28)29/h8,13,17H,3-7H2,1-2H3,(H2,20,21)(H,22,27)(H,28,29)/t13-,17?/m1/s1. The monoisotopic (exact) mass is 497 g/mol. The number of aromatic nitrogens is 1. The molecule has 2 aliphatic heterocycles. The van der Waals surface area contributed by atoms with Gasteiger partial charge in [0.05, 0.1) is 11.8 Å². The number of carboxylic acids is 1. The summed E-state index contributed by atoms with van der Waals surface area (Å²) in [6.45, 7) is 3.36. The van der Waals surface area contributed by atoms with Gasteiger partial charge < -0.3 is 25.7 Å². The fourth-order valence-electron chi connectivity index (χ4n) is 3.10. The van der Waals surface area contributed by atoms with Gasteiger partial charge in [0.2, 0.25) is 12.1 Å². The molecule has 4 N–H and O–H groups in total. The number of nitrogen functional groups attached to an aromatic ring is 1. The summed E-state index contributed by atoms with van der Waals surface area (Å²) in [5.74, 6) is -3.16. The van der Waals surface area contributed by atoms with E-state index >= 15 is 0 Å². The van der Waals surface area contributed by atoms with Crippen LogP contribution in [0.2, 0.25) is 0 Å². The van der Waals surface area contributed by atoms with Crippen molar-refractivity contribution >= 4 is 57.7 Å². The number of nitrogens with one attached hydrogen (secondary N) is 1. The number of carboxylic acid groups (broad SMARTS) is 1. The average molecular weight is 498 g/mol. The highest BCUT2D eigenvalue weighted by Crippen LogP contribution is 2.40. The summed E-state index contributed by atoms with van der Waals surface area (Å²) in [6.07, 6.45) is 0.344. The van der Waals surface area contributed by atoms with Crippen LogP contribution < -0.4 is 11.1 Å². The Bertz CT molecular complexity index is 1020. The van der Waals surface area contributed by atoms with Crippen LogP contribution in [-0.2, 0) is 28.8 Å². The number of oxime groups is 1. The number of nitrogens with two attached hydrogens (primary N) is 1. The molecule has 2 aliphatic rings. The second kappa shape index (κ2) is 10.7. The number of aliphatic carboxylic acids is 1. The number of carbonyl (C=O) groups excluding carboxylic acids is 3. The van der Waals surface area contributed by atoms with Gasteiger partial charge in [0.1, 0.15) is 18.0 Å². The van der Waals surface area contributed by atoms with E-state index < -0.39 is 24.1 Å². The minimum absolute atomic E-state index is 0.0735. The number of nitrogens with zero attached hydrogens (tertiary/aromatic N) is 3. The molecule has 1 aromatic rings. The summed E-state index contributed by atoms with van der Waals surface area (Å²) >= 11 is 2.41. The van der Waals surface area contributed by atoms with E-state index in [-0.39, 0.29) is 57.9 Å². The highest BCUT2D eigenvalue weighted by Gasteiger charge is 2.47. The predicted octanol–water partition coefficient (Wildman–Crippen LogP) is 0.895. The Hall–Kier alpha value is -3.13. The van der Waals surface area contributed by atoms with Gasteiger partial charge in [-0.15, -0.1) is 23.1 Å². The number of esters is 1. The van der Waals surface area contributed by atoms with Gasteiger partial charge in [-0.05, 0) is 6.42 Å². The first kappa shape index (κ1) is 24.5. The van der Waals surface area contributed by atoms with Crippen LogP contribution in [0.3, 0.4) is 0 Å². The third-order valence-corrected chi connectivity index (χ3v) is 6.59. The molecule has 33 heavy (non-hydrogen) atoms. The van der Waals surface area contributed by atoms with E-state index in [1.807, 2.05) is 6.92 Å². The molecule has 2 atom stereocenters. The summed E-state index contributed by atoms with van der Waals surface area (Å²) in [5.41, 5.74) is 5.38. The number of ether oxygens (including phenoxy) is 1. The molecular formula is C19H23N5O7S2. The second-order valence-electron chi connectivity index (χ2n) is 7.07. The van der Waals surface area contributed by atoms with E-state index in [9.17, 15) is 24.3 Å². The van der Waals surface area contributed by atoms with Gasteiger partial charge in [0.15, 0.2) is 10.8 Å². The maximum atomic E-state index is 13.1. The van der Waals surface area contributed by atoms with Crippen LogP contribution in [0.15, 0.2) is 21.8 Å². The first-order valence-corrected chi connectivity index (χ1v) is 11.9. The van der Waals surface area contributed by atoms with Crippen LogP contribution in [0.4, 0.5) is 5.13 Å². The highest BCUT2D eigenvalue weighted by atomic mass is 32.2. The number of hydrogen-bond acceptors (Lipinski definition) is 11. The van der Waals surface area contributed by atoms with E-state index in [1.54, 1.807) is 0 Å². The Morgan fingerprint density at radius 3 is 2.79 bits per heavy atom. The molecule has 0 bridgehead atoms. The molecule has 14 heteroatoms. The molecule has 0 saturated carbocycles. The van der Waals surface area contributed by atoms with Crippen LogP contribution in [-0.4, -0.2) is 68.4 Å². The maximum Gasteiger partial charge on any atom is 0.352 e. The molecule has 1 fully saturated rings. The second-order valence-corrected chi connectivity index (χ2v) is 9.13. The largest absolute Gasteiger partial charge is 0.477 e. The fourth-order valence-corrected chi connectivity index (χ4v) is 4.94. The molecule has 3 heterocycles. The number of thioether (sulfide) groups is 1. The Morgan fingerprint density at radius 2 is 2.21 bits per heavy atom. The number of rotatable bonds is 10. The lowest BCUT2D eigenvalue weighted by Gasteiger charge is -2.44. The van der Waals surface area contributed by atoms with Gasteiger partial charge in [0.25, 0.3) is 5.91 Å². The number of amides is 2. The summed E-state index contributed by atoms with van der Waals surface area (Å²) in [7, 11) is 0. The Balaban J connectivity index is 1.92. The number of β-lactam (4-membered cyclic amide) rings is 1. The molecule has 12 nitrogen and oxygen atoms in total. The first-order chi connectivity index (χ1) is 15.7. The van der Waals surface area contributed by atoms with Gasteiger partial charge >= 0.3 is 11.9 Å². The normalized spacial score (nSPS) is 18.8. The van der Waals surface area contributed by atoms with Crippen molar-refractivity contribution in [1.29, 1.82) is 0 Å². The summed E-state index contributed by atoms with van der Waals surface area (Å²) in [5, 5.41) is 17.5. The fraction of sp³-hybridized carbons (Fsp3) is 0.474. The van der Waals surface area contributed by atoms with E-state index in [0.29, 0.717) is 6.42 Å². The smallest absolute Gasteiger partial charge is 0.352 e. The van der Waals surface area contributed by atoms with Crippen molar-refractivity contribution in [3.63, 3.8) is 0 Å². The third-order valence-electron chi connectivity index (χ3n) is 4.67. The van der Waals surface area contributed by atoms with Crippen molar-refractivity contribution in [1.82, 2.24) is 15.2 Å². The molecule has 0 radical (unpaired) electrons. The summed E-state index contributed by atoms with van der Waals surface area (Å²) in [4.78, 5) is 59.2. The number of hydrogen-bond donors (Lipinski definition) is 3. The zero-order chi connectivity index (χ0) is 24.1. The van der Waals surface area contributed by atoms with Crippen molar-refractivity contribution < 1.29 is 33.9 Å². The maximum absolute atomic E-state index is 13.1. The highest BCUT2D eigenvalue weighted by molar-refractivity contribution is 8.00. The molecule has 2 amide bonds. The SMILES string of the molecule is CCCCON=C(C(=O)NC(OC(C)=O)C1=C(C(=O)O)N2C(=O)C[C@H]2SC1)c1csc(N)n1. The average Bonchev–Trinajstić information content (AvgIpc) is 3.17. The number of anilines is 1. The van der Waals surface area contributed by atoms with Gasteiger partial charge in [-0.2, -0.15) is 0 Å². The van der Waals surface area contributed by atoms with Crippen molar-refractivity contribution in [2.24, 2.45) is 5.16 Å². The molecule has 1 saturated heterocycles. The first-order valence-electron chi connectivity index (χ1n) is 10.0. The summed E-state index contributed by atoms with van der Waals surface area (Å²) in [6, 6.07) is 0. The minimum atomic E-state index is -1.44. The zero-order valence-corrected chi connectivity index (χ0v) is 19.5. The van der Waals surface area contributed by atoms with Crippen molar-refractivity contribution in [3.8, 4) is 0 Å². The van der Waals surface area contributed by atoms with Gasteiger partial charge in [-0.3, -0.25) is 19.3 Å². The molecular weight excluding hydrogens is 474 g/mol. The third kappa shape index (κ3) is 5.63. The number of thiazole rings is 1. The van der Waals surface area contributed by atoms with Crippen molar-refractivity contribution in [2.75, 3.05) is 18.1 Å². The lowest BCUT2D eigenvalue weighted by atomic mass is 10.1. The number of unbranched alkanes of at least 4 members (excludes halogenated alkanes) is 1. The lowest BCUT2D eigenvalue weighted by Crippen LogP contribution is -2.56. The van der Waals surface area contributed by atoms with Gasteiger partial charge in [0, 0.05) is 23.6 Å². The van der Waals surface area contributed by atoms with Crippen LogP contribution >= 0.6 is 23.1 Å². The number of carbonyl (C=O) groups is 4. The minimum Gasteiger partial charge on any atom is -0.477 e. The Morgan fingerprint density at radius 1 is 1.45 bits per heavy atom. The van der Waals surface area contributed by atoms with Crippen LogP contribution in [0.25, 0.3) is 0 Å². The zero-order valence-electron chi connectivity index (χ0n) is 17.9. The van der Waals surface area contributed by atoms with E-state index in [2.05, 4.69) is 15.5 Å². The van der Waals surface area contributed by atoms with Crippen molar-refractivity contribution in [3.05, 3.63) is 22.3 Å². The van der Waals surface area contributed by atoms with E-state index in [4.69, 9.17) is 15.3 Å². The Kier molecular flexibility index (Phi) is 7.92.